The van der Waals surface area contributed by atoms with Crippen molar-refractivity contribution >= 4 is 33.9 Å². The van der Waals surface area contributed by atoms with Gasteiger partial charge in [0.05, 0.1) is 0 Å². The van der Waals surface area contributed by atoms with E-state index in [2.05, 4.69) is 0 Å². The Labute approximate surface area is 126 Å². The summed E-state index contributed by atoms with van der Waals surface area (Å²) in [4.78, 5) is 22.2. The summed E-state index contributed by atoms with van der Waals surface area (Å²) in [5.41, 5.74) is 0.282. The molecule has 2 atom stereocenters. The lowest BCUT2D eigenvalue weighted by atomic mass is 10.1. The molecule has 1 heterocycles. The summed E-state index contributed by atoms with van der Waals surface area (Å²) in [5, 5.41) is 16.2. The number of carboxylic acids is 2. The Kier molecular flexibility index (Phi) is 4.29. The molecule has 2 unspecified atom stereocenters. The monoisotopic (exact) mass is 328 g/mol. The average molecular weight is 328 g/mol. The van der Waals surface area contributed by atoms with Crippen molar-refractivity contribution in [2.75, 3.05) is 0 Å². The number of hydrogen-bond donors (Lipinski definition) is 2. The molecular formula is C13H11FNO6S-. The molecule has 0 saturated carbocycles. The third-order valence-electron chi connectivity index (χ3n) is 3.31. The molecule has 22 heavy (non-hydrogen) atoms. The van der Waals surface area contributed by atoms with Gasteiger partial charge in [0.2, 0.25) is 0 Å². The highest BCUT2D eigenvalue weighted by Crippen LogP contribution is 2.34. The van der Waals surface area contributed by atoms with Crippen LogP contribution in [0.5, 0.6) is 0 Å². The molecule has 2 aromatic rings. The number of hydrogen-bond acceptors (Lipinski definition) is 4. The minimum Gasteiger partial charge on any atom is -0.771 e. The molecule has 1 aromatic heterocycles. The minimum atomic E-state index is -2.99. The van der Waals surface area contributed by atoms with Crippen LogP contribution in [0.2, 0.25) is 0 Å². The van der Waals surface area contributed by atoms with Crippen LogP contribution in [-0.4, -0.2) is 35.5 Å². The number of rotatable bonds is 5. The number of aliphatic carboxylic acids is 2. The Balaban J connectivity index is 2.85. The SMILES string of the molecule is Cc1c(C(C(=O)O)S(=O)[O-])c2cc(F)ccc2n1CC(=O)O. The van der Waals surface area contributed by atoms with Crippen molar-refractivity contribution < 1.29 is 33.0 Å². The van der Waals surface area contributed by atoms with Crippen LogP contribution >= 0.6 is 0 Å². The van der Waals surface area contributed by atoms with Crippen LogP contribution < -0.4 is 0 Å². The number of carboxylic acid groups (broad SMARTS) is 2. The van der Waals surface area contributed by atoms with E-state index in [0.717, 1.165) is 12.1 Å². The standard InChI is InChI=1S/C13H12FNO6S/c1-6-11(12(13(18)19)22(20)21)8-4-7(14)2-3-9(8)15(6)5-10(16)17/h2-4,12H,5H2,1H3,(H,16,17)(H,18,19)(H,20,21)/p-1. The van der Waals surface area contributed by atoms with E-state index in [1.54, 1.807) is 0 Å². The van der Waals surface area contributed by atoms with E-state index in [1.807, 2.05) is 0 Å². The molecule has 7 nitrogen and oxygen atoms in total. The minimum absolute atomic E-state index is 0.0651. The number of carbonyl (C=O) groups is 2. The fraction of sp³-hybridized carbons (Fsp3) is 0.231. The highest BCUT2D eigenvalue weighted by molar-refractivity contribution is 7.80. The highest BCUT2D eigenvalue weighted by atomic mass is 32.2. The van der Waals surface area contributed by atoms with Gasteiger partial charge in [0.15, 0.2) is 0 Å². The van der Waals surface area contributed by atoms with Crippen LogP contribution in [0.25, 0.3) is 10.9 Å². The molecule has 0 radical (unpaired) electrons. The number of fused-ring (bicyclic) bond motifs is 1. The molecule has 2 rings (SSSR count). The molecule has 118 valence electrons. The van der Waals surface area contributed by atoms with E-state index in [9.17, 15) is 22.7 Å². The topological polar surface area (TPSA) is 120 Å². The third-order valence-corrected chi connectivity index (χ3v) is 4.13. The maximum absolute atomic E-state index is 13.5. The van der Waals surface area contributed by atoms with E-state index < -0.39 is 40.6 Å². The van der Waals surface area contributed by atoms with Gasteiger partial charge in [-0.1, -0.05) is 0 Å². The highest BCUT2D eigenvalue weighted by Gasteiger charge is 2.29. The van der Waals surface area contributed by atoms with Gasteiger partial charge >= 0.3 is 11.9 Å². The van der Waals surface area contributed by atoms with Crippen molar-refractivity contribution in [2.24, 2.45) is 0 Å². The van der Waals surface area contributed by atoms with Gasteiger partial charge in [-0.3, -0.25) is 13.8 Å². The molecule has 0 aliphatic carbocycles. The van der Waals surface area contributed by atoms with E-state index in [0.29, 0.717) is 0 Å². The second kappa shape index (κ2) is 5.85. The molecule has 0 fully saturated rings. The predicted molar refractivity (Wildman–Crippen MR) is 73.6 cm³/mol. The molecule has 9 heteroatoms. The zero-order valence-electron chi connectivity index (χ0n) is 11.3. The number of aromatic nitrogens is 1. The van der Waals surface area contributed by atoms with Gasteiger partial charge in [-0.15, -0.1) is 0 Å². The molecule has 0 saturated heterocycles. The smallest absolute Gasteiger partial charge is 0.323 e. The van der Waals surface area contributed by atoms with Gasteiger partial charge in [0.25, 0.3) is 0 Å². The van der Waals surface area contributed by atoms with E-state index in [4.69, 9.17) is 10.2 Å². The summed E-state index contributed by atoms with van der Waals surface area (Å²) in [6, 6.07) is 3.38. The van der Waals surface area contributed by atoms with Gasteiger partial charge in [0, 0.05) is 22.2 Å². The third kappa shape index (κ3) is 2.72. The lowest BCUT2D eigenvalue weighted by Gasteiger charge is -2.16. The van der Waals surface area contributed by atoms with E-state index >= 15 is 0 Å². The normalized spacial score (nSPS) is 14.0. The van der Waals surface area contributed by atoms with Crippen molar-refractivity contribution in [1.29, 1.82) is 0 Å². The number of benzene rings is 1. The lowest BCUT2D eigenvalue weighted by molar-refractivity contribution is -0.138. The fourth-order valence-electron chi connectivity index (χ4n) is 2.45. The average Bonchev–Trinajstić information content (AvgIpc) is 2.63. The summed E-state index contributed by atoms with van der Waals surface area (Å²) in [7, 11) is 0. The quantitative estimate of drug-likeness (QED) is 0.795. The Hall–Kier alpha value is -2.26. The van der Waals surface area contributed by atoms with Gasteiger partial charge in [-0.25, -0.2) is 4.39 Å². The largest absolute Gasteiger partial charge is 0.771 e. The number of halogens is 1. The predicted octanol–water partition coefficient (Wildman–Crippen LogP) is 1.18. The molecule has 1 aromatic carbocycles. The Morgan fingerprint density at radius 2 is 2.05 bits per heavy atom. The summed E-state index contributed by atoms with van der Waals surface area (Å²) in [5.74, 6) is -3.48. The van der Waals surface area contributed by atoms with Gasteiger partial charge < -0.3 is 19.3 Å². The van der Waals surface area contributed by atoms with Crippen LogP contribution in [0.15, 0.2) is 18.2 Å². The van der Waals surface area contributed by atoms with Gasteiger partial charge in [0.1, 0.15) is 17.6 Å². The van der Waals surface area contributed by atoms with Crippen LogP contribution in [0.1, 0.15) is 16.5 Å². The summed E-state index contributed by atoms with van der Waals surface area (Å²) < 4.78 is 37.2. The van der Waals surface area contributed by atoms with E-state index in [-0.39, 0.29) is 22.2 Å². The zero-order chi connectivity index (χ0) is 16.6. The van der Waals surface area contributed by atoms with Crippen molar-refractivity contribution in [3.63, 3.8) is 0 Å². The summed E-state index contributed by atoms with van der Waals surface area (Å²) >= 11 is -2.99. The van der Waals surface area contributed by atoms with Crippen LogP contribution in [0.3, 0.4) is 0 Å². The first-order valence-electron chi connectivity index (χ1n) is 6.05. The second-order valence-electron chi connectivity index (χ2n) is 4.62. The van der Waals surface area contributed by atoms with Crippen LogP contribution in [0, 0.1) is 12.7 Å². The molecule has 0 aliphatic rings. The maximum Gasteiger partial charge on any atom is 0.323 e. The first-order chi connectivity index (χ1) is 10.2. The fourth-order valence-corrected chi connectivity index (χ4v) is 3.11. The Morgan fingerprint density at radius 1 is 1.41 bits per heavy atom. The lowest BCUT2D eigenvalue weighted by Crippen LogP contribution is -2.18. The van der Waals surface area contributed by atoms with E-state index in [1.165, 1.54) is 17.6 Å². The molecule has 2 N–H and O–H groups in total. The Bertz CT molecular complexity index is 785. The van der Waals surface area contributed by atoms with Gasteiger partial charge in [-0.2, -0.15) is 0 Å². The first-order valence-corrected chi connectivity index (χ1v) is 7.18. The van der Waals surface area contributed by atoms with Crippen LogP contribution in [0.4, 0.5) is 4.39 Å². The summed E-state index contributed by atoms with van der Waals surface area (Å²) in [6.07, 6.45) is 0. The molecule has 0 aliphatic heterocycles. The molecule has 0 bridgehead atoms. The van der Waals surface area contributed by atoms with Crippen molar-refractivity contribution in [2.45, 2.75) is 18.7 Å². The molecule has 0 amide bonds. The van der Waals surface area contributed by atoms with Crippen molar-refractivity contribution in [3.8, 4) is 0 Å². The zero-order valence-corrected chi connectivity index (χ0v) is 12.1. The maximum atomic E-state index is 13.5. The number of nitrogens with zero attached hydrogens (tertiary/aromatic N) is 1. The summed E-state index contributed by atoms with van der Waals surface area (Å²) in [6.45, 7) is 0.908. The first kappa shape index (κ1) is 16.1. The van der Waals surface area contributed by atoms with Crippen LogP contribution in [-0.2, 0) is 27.2 Å². The molecular weight excluding hydrogens is 317 g/mol. The van der Waals surface area contributed by atoms with Gasteiger partial charge in [-0.05, 0) is 36.2 Å². The van der Waals surface area contributed by atoms with Crippen molar-refractivity contribution in [1.82, 2.24) is 4.57 Å². The molecule has 0 spiro atoms. The van der Waals surface area contributed by atoms with Crippen molar-refractivity contribution in [3.05, 3.63) is 35.3 Å². The second-order valence-corrected chi connectivity index (χ2v) is 5.61. The Morgan fingerprint density at radius 3 is 2.55 bits per heavy atom.